The first-order valence-electron chi connectivity index (χ1n) is 11.8. The molecule has 4 aromatic rings. The van der Waals surface area contributed by atoms with Crippen LogP contribution in [0.3, 0.4) is 0 Å². The van der Waals surface area contributed by atoms with Gasteiger partial charge in [0.2, 0.25) is 5.95 Å². The van der Waals surface area contributed by atoms with Crippen LogP contribution >= 0.6 is 23.4 Å². The number of benzene rings is 1. The molecule has 1 atom stereocenters. The Bertz CT molecular complexity index is 1400. The smallest absolute Gasteiger partial charge is 0.211 e. The number of fused-ring (bicyclic) bond motifs is 1. The van der Waals surface area contributed by atoms with E-state index in [1.807, 2.05) is 34.9 Å². The van der Waals surface area contributed by atoms with Gasteiger partial charge in [-0.3, -0.25) is 4.40 Å². The number of halogens is 2. The van der Waals surface area contributed by atoms with Crippen LogP contribution in [0.4, 0.5) is 21.8 Å². The van der Waals surface area contributed by atoms with E-state index in [2.05, 4.69) is 14.8 Å². The third-order valence-electron chi connectivity index (χ3n) is 7.38. The lowest BCUT2D eigenvalue weighted by Gasteiger charge is -2.41. The fourth-order valence-corrected chi connectivity index (χ4v) is 6.39. The van der Waals surface area contributed by atoms with Gasteiger partial charge in [-0.2, -0.15) is 0 Å². The monoisotopic (exact) mass is 524 g/mol. The first-order valence-corrected chi connectivity index (χ1v) is 13.0. The predicted octanol–water partition coefficient (Wildman–Crippen LogP) is 4.08. The normalized spacial score (nSPS) is 19.5. The van der Waals surface area contributed by atoms with E-state index < -0.39 is 0 Å². The topological polar surface area (TPSA) is 102 Å². The first kappa shape index (κ1) is 23.3. The Balaban J connectivity index is 1.19. The van der Waals surface area contributed by atoms with Gasteiger partial charge in [0.1, 0.15) is 22.3 Å². The molecule has 2 aliphatic heterocycles. The average molecular weight is 525 g/mol. The highest BCUT2D eigenvalue weighted by molar-refractivity contribution is 7.99. The molecular formula is C25H26ClFN8S. The van der Waals surface area contributed by atoms with Crippen LogP contribution in [0.25, 0.3) is 5.65 Å². The van der Waals surface area contributed by atoms with Crippen LogP contribution in [0.2, 0.25) is 5.02 Å². The highest BCUT2D eigenvalue weighted by Crippen LogP contribution is 2.42. The summed E-state index contributed by atoms with van der Waals surface area (Å²) in [5.74, 6) is 0.947. The molecule has 1 unspecified atom stereocenters. The van der Waals surface area contributed by atoms with Crippen LogP contribution in [-0.2, 0) is 0 Å². The molecule has 0 radical (unpaired) electrons. The molecular weight excluding hydrogens is 499 g/mol. The molecule has 2 fully saturated rings. The second-order valence-electron chi connectivity index (χ2n) is 9.48. The summed E-state index contributed by atoms with van der Waals surface area (Å²) in [7, 11) is 0. The molecule has 4 N–H and O–H groups in total. The lowest BCUT2D eigenvalue weighted by atomic mass is 9.75. The number of hydrogen-bond acceptors (Lipinski definition) is 8. The molecule has 186 valence electrons. The van der Waals surface area contributed by atoms with Gasteiger partial charge in [0.25, 0.3) is 0 Å². The lowest BCUT2D eigenvalue weighted by Crippen LogP contribution is -2.49. The zero-order valence-corrected chi connectivity index (χ0v) is 21.1. The molecule has 0 amide bonds. The zero-order valence-electron chi connectivity index (χ0n) is 19.5. The molecule has 2 saturated heterocycles. The zero-order chi connectivity index (χ0) is 24.9. The summed E-state index contributed by atoms with van der Waals surface area (Å²) in [5.41, 5.74) is 14.4. The summed E-state index contributed by atoms with van der Waals surface area (Å²) in [6, 6.07) is 10.5. The van der Waals surface area contributed by atoms with E-state index in [0.29, 0.717) is 10.8 Å². The van der Waals surface area contributed by atoms with Crippen molar-refractivity contribution in [1.29, 1.82) is 0 Å². The van der Waals surface area contributed by atoms with Gasteiger partial charge >= 0.3 is 0 Å². The summed E-state index contributed by atoms with van der Waals surface area (Å²) in [6.07, 6.45) is 7.35. The van der Waals surface area contributed by atoms with Gasteiger partial charge in [-0.05, 0) is 49.2 Å². The van der Waals surface area contributed by atoms with Crippen molar-refractivity contribution in [3.8, 4) is 0 Å². The second kappa shape index (κ2) is 9.10. The number of rotatable bonds is 4. The Labute approximate surface area is 217 Å². The Morgan fingerprint density at radius 3 is 2.56 bits per heavy atom. The molecule has 5 heterocycles. The molecule has 6 rings (SSSR count). The van der Waals surface area contributed by atoms with Crippen molar-refractivity contribution in [2.75, 3.05) is 41.7 Å². The third-order valence-corrected chi connectivity index (χ3v) is 8.85. The van der Waals surface area contributed by atoms with Crippen molar-refractivity contribution in [3.63, 3.8) is 0 Å². The Morgan fingerprint density at radius 2 is 1.78 bits per heavy atom. The maximum absolute atomic E-state index is 13.4. The molecule has 3 aromatic heterocycles. The van der Waals surface area contributed by atoms with E-state index in [-0.39, 0.29) is 17.3 Å². The number of anilines is 3. The minimum Gasteiger partial charge on any atom is -0.382 e. The van der Waals surface area contributed by atoms with E-state index in [4.69, 9.17) is 33.0 Å². The van der Waals surface area contributed by atoms with Crippen LogP contribution in [0.1, 0.15) is 12.8 Å². The highest BCUT2D eigenvalue weighted by Gasteiger charge is 2.46. The Hall–Kier alpha value is -3.08. The molecule has 8 nitrogen and oxygen atoms in total. The predicted molar refractivity (Wildman–Crippen MR) is 141 cm³/mol. The van der Waals surface area contributed by atoms with Crippen molar-refractivity contribution >= 4 is 46.5 Å². The second-order valence-corrected chi connectivity index (χ2v) is 10.9. The minimum absolute atomic E-state index is 0.0345. The largest absolute Gasteiger partial charge is 0.382 e. The first-order chi connectivity index (χ1) is 17.4. The van der Waals surface area contributed by atoms with Crippen LogP contribution in [0, 0.1) is 11.2 Å². The molecule has 36 heavy (non-hydrogen) atoms. The van der Waals surface area contributed by atoms with Gasteiger partial charge in [0.15, 0.2) is 0 Å². The number of nitrogen functional groups attached to an aromatic ring is 1. The Morgan fingerprint density at radius 1 is 1.03 bits per heavy atom. The summed E-state index contributed by atoms with van der Waals surface area (Å²) in [5, 5.41) is 1.24. The van der Waals surface area contributed by atoms with Gasteiger partial charge < -0.3 is 21.3 Å². The number of nitrogens with two attached hydrogens (primary N) is 2. The van der Waals surface area contributed by atoms with Crippen LogP contribution in [0.15, 0.2) is 64.9 Å². The number of imidazole rings is 1. The van der Waals surface area contributed by atoms with Crippen molar-refractivity contribution in [2.45, 2.75) is 28.8 Å². The van der Waals surface area contributed by atoms with Crippen LogP contribution in [0.5, 0.6) is 0 Å². The van der Waals surface area contributed by atoms with Gasteiger partial charge in [-0.1, -0.05) is 23.4 Å². The summed E-state index contributed by atoms with van der Waals surface area (Å²) >= 11 is 7.78. The SMILES string of the molecule is Nc1nccc(Sc2cn3c(N4CCC5(CC4)CN(c4ccc(F)cc4)CC5N)nccc3n2)c1Cl. The number of piperidine rings is 1. The van der Waals surface area contributed by atoms with E-state index in [0.717, 1.165) is 66.2 Å². The molecule has 1 spiro atoms. The summed E-state index contributed by atoms with van der Waals surface area (Å²) in [4.78, 5) is 18.9. The third kappa shape index (κ3) is 4.12. The van der Waals surface area contributed by atoms with Crippen LogP contribution < -0.4 is 21.3 Å². The molecule has 0 saturated carbocycles. The van der Waals surface area contributed by atoms with Crippen LogP contribution in [-0.4, -0.2) is 51.6 Å². The fraction of sp³-hybridized carbons (Fsp3) is 0.320. The summed E-state index contributed by atoms with van der Waals surface area (Å²) < 4.78 is 15.4. The number of pyridine rings is 1. The molecule has 1 aromatic carbocycles. The van der Waals surface area contributed by atoms with E-state index in [1.165, 1.54) is 23.9 Å². The maximum atomic E-state index is 13.4. The molecule has 11 heteroatoms. The number of nitrogens with zero attached hydrogens (tertiary/aromatic N) is 6. The average Bonchev–Trinajstić information content (AvgIpc) is 3.43. The van der Waals surface area contributed by atoms with Crippen molar-refractivity contribution in [1.82, 2.24) is 19.4 Å². The number of hydrogen-bond donors (Lipinski definition) is 2. The molecule has 2 aliphatic rings. The molecule has 0 bridgehead atoms. The van der Waals surface area contributed by atoms with Gasteiger partial charge in [0, 0.05) is 66.8 Å². The number of aromatic nitrogens is 4. The van der Waals surface area contributed by atoms with Gasteiger partial charge in [-0.25, -0.2) is 19.3 Å². The Kier molecular flexibility index (Phi) is 5.89. The van der Waals surface area contributed by atoms with E-state index >= 15 is 0 Å². The lowest BCUT2D eigenvalue weighted by molar-refractivity contribution is 0.220. The standard InChI is InChI=1S/C25H26ClFN8S/c26-22-18(5-9-30-23(22)29)36-21-14-35-20(32-21)6-10-31-24(35)33-11-7-25(8-12-33)15-34(13-19(25)28)17-3-1-16(27)2-4-17/h1-6,9-10,14,19H,7-8,11-13,15,28H2,(H2,29,30). The maximum Gasteiger partial charge on any atom is 0.211 e. The van der Waals surface area contributed by atoms with E-state index in [9.17, 15) is 4.39 Å². The fourth-order valence-electron chi connectivity index (χ4n) is 5.32. The van der Waals surface area contributed by atoms with Crippen molar-refractivity contribution in [3.05, 3.63) is 65.8 Å². The quantitative estimate of drug-likeness (QED) is 0.412. The summed E-state index contributed by atoms with van der Waals surface area (Å²) in [6.45, 7) is 3.37. The van der Waals surface area contributed by atoms with Crippen molar-refractivity contribution in [2.24, 2.45) is 11.1 Å². The minimum atomic E-state index is -0.221. The highest BCUT2D eigenvalue weighted by atomic mass is 35.5. The van der Waals surface area contributed by atoms with Crippen molar-refractivity contribution < 1.29 is 4.39 Å². The van der Waals surface area contributed by atoms with Gasteiger partial charge in [-0.15, -0.1) is 0 Å². The van der Waals surface area contributed by atoms with E-state index in [1.54, 1.807) is 12.4 Å². The van der Waals surface area contributed by atoms with Gasteiger partial charge in [0.05, 0.1) is 5.02 Å². The molecule has 0 aliphatic carbocycles.